The summed E-state index contributed by atoms with van der Waals surface area (Å²) in [5, 5.41) is 0.0858. The van der Waals surface area contributed by atoms with Crippen LogP contribution < -0.4 is 10.3 Å². The first-order chi connectivity index (χ1) is 8.72. The van der Waals surface area contributed by atoms with Gasteiger partial charge in [0.05, 0.1) is 13.4 Å². The normalized spacial score (nSPS) is 10.3. The fourth-order valence-electron chi connectivity index (χ4n) is 1.58. The van der Waals surface area contributed by atoms with E-state index in [1.165, 1.54) is 18.0 Å². The highest BCUT2D eigenvalue weighted by Crippen LogP contribution is 2.14. The Labute approximate surface area is 109 Å². The van der Waals surface area contributed by atoms with Crippen LogP contribution in [0.5, 0.6) is 5.75 Å². The monoisotopic (exact) mass is 265 g/mol. The lowest BCUT2D eigenvalue weighted by atomic mass is 10.2. The molecule has 0 saturated carbocycles. The van der Waals surface area contributed by atoms with Crippen LogP contribution in [0.1, 0.15) is 5.56 Å². The molecule has 6 heteroatoms. The van der Waals surface area contributed by atoms with Gasteiger partial charge >= 0.3 is 0 Å². The van der Waals surface area contributed by atoms with Crippen molar-refractivity contribution in [1.82, 2.24) is 14.5 Å². The molecule has 0 N–H and O–H groups in total. The van der Waals surface area contributed by atoms with Crippen LogP contribution in [0.2, 0.25) is 5.15 Å². The maximum atomic E-state index is 11.9. The van der Waals surface area contributed by atoms with Gasteiger partial charge in [0, 0.05) is 18.9 Å². The Morgan fingerprint density at radius 2 is 2.11 bits per heavy atom. The summed E-state index contributed by atoms with van der Waals surface area (Å²) < 4.78 is 6.41. The fraction of sp³-hybridized carbons (Fsp3) is 0.250. The molecular formula is C12H12ClN3O2. The number of pyridine rings is 1. The Balaban J connectivity index is 2.18. The Hall–Kier alpha value is -1.88. The number of aryl methyl sites for hydroxylation is 2. The molecule has 0 saturated heterocycles. The van der Waals surface area contributed by atoms with E-state index in [0.29, 0.717) is 6.54 Å². The molecule has 5 nitrogen and oxygen atoms in total. The van der Waals surface area contributed by atoms with Gasteiger partial charge in [-0.05, 0) is 24.1 Å². The summed E-state index contributed by atoms with van der Waals surface area (Å²) in [5.41, 5.74) is 0.831. The van der Waals surface area contributed by atoms with Crippen molar-refractivity contribution in [3.8, 4) is 5.75 Å². The van der Waals surface area contributed by atoms with E-state index in [1.54, 1.807) is 12.4 Å². The quantitative estimate of drug-likeness (QED) is 0.787. The zero-order valence-electron chi connectivity index (χ0n) is 9.84. The molecule has 0 atom stereocenters. The summed E-state index contributed by atoms with van der Waals surface area (Å²) in [6.45, 7) is 0.517. The van der Waals surface area contributed by atoms with Crippen molar-refractivity contribution in [2.24, 2.45) is 0 Å². The second-order valence-electron chi connectivity index (χ2n) is 3.67. The van der Waals surface area contributed by atoms with Crippen LogP contribution in [-0.4, -0.2) is 21.6 Å². The summed E-state index contributed by atoms with van der Waals surface area (Å²) in [7, 11) is 1.40. The largest absolute Gasteiger partial charge is 0.489 e. The molecule has 94 valence electrons. The summed E-state index contributed by atoms with van der Waals surface area (Å²) in [6.07, 6.45) is 5.58. The molecule has 0 aromatic carbocycles. The van der Waals surface area contributed by atoms with E-state index >= 15 is 0 Å². The molecule has 18 heavy (non-hydrogen) atoms. The van der Waals surface area contributed by atoms with Gasteiger partial charge in [-0.1, -0.05) is 11.6 Å². The van der Waals surface area contributed by atoms with Crippen LogP contribution in [0, 0.1) is 0 Å². The van der Waals surface area contributed by atoms with Crippen LogP contribution >= 0.6 is 11.6 Å². The highest BCUT2D eigenvalue weighted by Gasteiger charge is 2.09. The van der Waals surface area contributed by atoms with E-state index in [-0.39, 0.29) is 16.5 Å². The third kappa shape index (κ3) is 2.68. The molecule has 0 unspecified atom stereocenters. The average molecular weight is 266 g/mol. The lowest BCUT2D eigenvalue weighted by Crippen LogP contribution is -2.23. The third-order valence-corrected chi connectivity index (χ3v) is 2.82. The first-order valence-corrected chi connectivity index (χ1v) is 5.78. The van der Waals surface area contributed by atoms with Crippen molar-refractivity contribution in [3.05, 3.63) is 51.9 Å². The van der Waals surface area contributed by atoms with Gasteiger partial charge in [0.2, 0.25) is 5.75 Å². The number of halogens is 1. The Morgan fingerprint density at radius 3 is 2.78 bits per heavy atom. The minimum absolute atomic E-state index is 0.0777. The van der Waals surface area contributed by atoms with E-state index in [9.17, 15) is 4.79 Å². The highest BCUT2D eigenvalue weighted by atomic mass is 35.5. The van der Waals surface area contributed by atoms with Gasteiger partial charge in [0.25, 0.3) is 5.56 Å². The predicted octanol–water partition coefficient (Wildman–Crippen LogP) is 1.54. The number of methoxy groups -OCH3 is 1. The summed E-state index contributed by atoms with van der Waals surface area (Å²) >= 11 is 5.76. The molecule has 0 aliphatic rings. The van der Waals surface area contributed by atoms with Gasteiger partial charge in [-0.2, -0.15) is 0 Å². The topological polar surface area (TPSA) is 57.0 Å². The number of aromatic nitrogens is 3. The second kappa shape index (κ2) is 5.64. The minimum Gasteiger partial charge on any atom is -0.489 e. The number of nitrogens with zero attached hydrogens (tertiary/aromatic N) is 3. The van der Waals surface area contributed by atoms with Crippen molar-refractivity contribution in [2.45, 2.75) is 13.0 Å². The molecular weight excluding hydrogens is 254 g/mol. The Morgan fingerprint density at radius 1 is 1.39 bits per heavy atom. The molecule has 2 aromatic rings. The zero-order chi connectivity index (χ0) is 13.0. The Bertz CT molecular complexity index is 584. The van der Waals surface area contributed by atoms with E-state index in [2.05, 4.69) is 9.97 Å². The van der Waals surface area contributed by atoms with Crippen LogP contribution in [0.3, 0.4) is 0 Å². The first-order valence-electron chi connectivity index (χ1n) is 5.40. The van der Waals surface area contributed by atoms with Crippen LogP contribution in [0.15, 0.2) is 35.6 Å². The molecule has 0 aliphatic heterocycles. The van der Waals surface area contributed by atoms with Gasteiger partial charge in [-0.15, -0.1) is 0 Å². The molecule has 0 fully saturated rings. The molecule has 2 rings (SSSR count). The van der Waals surface area contributed by atoms with Crippen molar-refractivity contribution >= 4 is 11.6 Å². The first kappa shape index (κ1) is 12.6. The zero-order valence-corrected chi connectivity index (χ0v) is 10.6. The average Bonchev–Trinajstić information content (AvgIpc) is 2.40. The molecule has 2 aromatic heterocycles. The molecule has 2 heterocycles. The number of rotatable bonds is 4. The summed E-state index contributed by atoms with van der Waals surface area (Å²) in [5.74, 6) is 0.0777. The molecule has 0 bridgehead atoms. The van der Waals surface area contributed by atoms with Gasteiger partial charge < -0.3 is 4.74 Å². The highest BCUT2D eigenvalue weighted by molar-refractivity contribution is 6.30. The van der Waals surface area contributed by atoms with Gasteiger partial charge in [-0.3, -0.25) is 14.3 Å². The number of ether oxygens (including phenoxy) is 1. The van der Waals surface area contributed by atoms with E-state index in [4.69, 9.17) is 16.3 Å². The molecule has 0 spiro atoms. The van der Waals surface area contributed by atoms with Crippen LogP contribution in [0.4, 0.5) is 0 Å². The van der Waals surface area contributed by atoms with E-state index < -0.39 is 0 Å². The lowest BCUT2D eigenvalue weighted by molar-refractivity contribution is 0.399. The Kier molecular flexibility index (Phi) is 3.94. The SMILES string of the molecule is COc1c(Cl)ncn(CCc2ccncc2)c1=O. The molecule has 0 amide bonds. The predicted molar refractivity (Wildman–Crippen MR) is 68.0 cm³/mol. The van der Waals surface area contributed by atoms with Crippen molar-refractivity contribution in [2.75, 3.05) is 7.11 Å². The maximum absolute atomic E-state index is 11.9. The lowest BCUT2D eigenvalue weighted by Gasteiger charge is -2.07. The summed E-state index contributed by atoms with van der Waals surface area (Å²) in [6, 6.07) is 3.82. The molecule has 0 aliphatic carbocycles. The third-order valence-electron chi connectivity index (χ3n) is 2.55. The molecule has 0 radical (unpaired) electrons. The van der Waals surface area contributed by atoms with Crippen LogP contribution in [0.25, 0.3) is 0 Å². The van der Waals surface area contributed by atoms with Crippen LogP contribution in [-0.2, 0) is 13.0 Å². The summed E-state index contributed by atoms with van der Waals surface area (Å²) in [4.78, 5) is 19.8. The minimum atomic E-state index is -0.272. The van der Waals surface area contributed by atoms with Crippen molar-refractivity contribution in [1.29, 1.82) is 0 Å². The van der Waals surface area contributed by atoms with Gasteiger partial charge in [0.1, 0.15) is 0 Å². The fourth-order valence-corrected chi connectivity index (χ4v) is 1.78. The van der Waals surface area contributed by atoms with E-state index in [0.717, 1.165) is 12.0 Å². The number of hydrogen-bond donors (Lipinski definition) is 0. The van der Waals surface area contributed by atoms with Crippen molar-refractivity contribution < 1.29 is 4.74 Å². The van der Waals surface area contributed by atoms with E-state index in [1.807, 2.05) is 12.1 Å². The maximum Gasteiger partial charge on any atom is 0.297 e. The smallest absolute Gasteiger partial charge is 0.297 e. The standard InChI is InChI=1S/C12H12ClN3O2/c1-18-10-11(13)15-8-16(12(10)17)7-4-9-2-5-14-6-3-9/h2-3,5-6,8H,4,7H2,1H3. The van der Waals surface area contributed by atoms with Gasteiger partial charge in [0.15, 0.2) is 5.15 Å². The van der Waals surface area contributed by atoms with Crippen molar-refractivity contribution in [3.63, 3.8) is 0 Å². The van der Waals surface area contributed by atoms with Gasteiger partial charge in [-0.25, -0.2) is 4.98 Å². The second-order valence-corrected chi connectivity index (χ2v) is 4.03. The number of hydrogen-bond acceptors (Lipinski definition) is 4.